The van der Waals surface area contributed by atoms with Crippen molar-refractivity contribution in [3.8, 4) is 0 Å². The Hall–Kier alpha value is -2.86. The number of ether oxygens (including phenoxy) is 1. The molecule has 152 valence electrons. The molecule has 1 heterocycles. The molecule has 0 bridgehead atoms. The third kappa shape index (κ3) is 4.43. The third-order valence-corrected chi connectivity index (χ3v) is 5.29. The van der Waals surface area contributed by atoms with Crippen LogP contribution in [0.5, 0.6) is 0 Å². The molecule has 6 nitrogen and oxygen atoms in total. The van der Waals surface area contributed by atoms with Crippen LogP contribution in [0.15, 0.2) is 48.5 Å². The molecule has 29 heavy (non-hydrogen) atoms. The molecule has 1 saturated carbocycles. The van der Waals surface area contributed by atoms with Gasteiger partial charge < -0.3 is 20.3 Å². The highest BCUT2D eigenvalue weighted by Gasteiger charge is 2.36. The number of rotatable bonds is 9. The lowest BCUT2D eigenvalue weighted by Gasteiger charge is -2.27. The summed E-state index contributed by atoms with van der Waals surface area (Å²) in [4.78, 5) is 27.2. The number of anilines is 1. The first kappa shape index (κ1) is 19.5. The van der Waals surface area contributed by atoms with Crippen LogP contribution in [0.2, 0.25) is 0 Å². The van der Waals surface area contributed by atoms with Crippen LogP contribution in [0.3, 0.4) is 0 Å². The molecule has 0 radical (unpaired) electrons. The monoisotopic (exact) mass is 393 g/mol. The van der Waals surface area contributed by atoms with Gasteiger partial charge in [-0.2, -0.15) is 0 Å². The third-order valence-electron chi connectivity index (χ3n) is 5.29. The van der Waals surface area contributed by atoms with Gasteiger partial charge in [0.25, 0.3) is 11.8 Å². The number of carbonyl (C=O) groups is 2. The van der Waals surface area contributed by atoms with Crippen molar-refractivity contribution in [2.75, 3.05) is 25.1 Å². The number of hydrogen-bond acceptors (Lipinski definition) is 4. The summed E-state index contributed by atoms with van der Waals surface area (Å²) in [6.45, 7) is 3.87. The van der Waals surface area contributed by atoms with E-state index in [0.29, 0.717) is 31.4 Å². The number of hydrogen-bond donors (Lipinski definition) is 2. The van der Waals surface area contributed by atoms with Crippen LogP contribution in [0.25, 0.3) is 0 Å². The van der Waals surface area contributed by atoms with Crippen LogP contribution in [-0.2, 0) is 4.74 Å². The van der Waals surface area contributed by atoms with Crippen LogP contribution < -0.4 is 10.6 Å². The van der Waals surface area contributed by atoms with E-state index in [-0.39, 0.29) is 18.0 Å². The number of benzene rings is 2. The lowest BCUT2D eigenvalue weighted by Crippen LogP contribution is -2.33. The quantitative estimate of drug-likeness (QED) is 0.639. The minimum Gasteiger partial charge on any atom is -0.382 e. The molecule has 1 fully saturated rings. The molecular formula is C23H27N3O3. The first-order valence-electron chi connectivity index (χ1n) is 10.3. The maximum atomic E-state index is 12.9. The standard InChI is InChI=1S/C23H27N3O3/c1-2-29-14-6-13-26-21(19-9-3-4-10-20(19)23(26)28)24-18-8-5-7-16(15-18)22(27)25-17-11-12-17/h3-5,7-10,15,17,21,24H,2,6,11-14H2,1H3,(H,25,27). The summed E-state index contributed by atoms with van der Waals surface area (Å²) in [5.41, 5.74) is 3.13. The Bertz CT molecular complexity index is 894. The van der Waals surface area contributed by atoms with Crippen molar-refractivity contribution in [1.82, 2.24) is 10.2 Å². The lowest BCUT2D eigenvalue weighted by atomic mass is 10.1. The van der Waals surface area contributed by atoms with Crippen molar-refractivity contribution in [2.24, 2.45) is 0 Å². The maximum absolute atomic E-state index is 12.9. The average molecular weight is 393 g/mol. The zero-order chi connectivity index (χ0) is 20.2. The maximum Gasteiger partial charge on any atom is 0.256 e. The van der Waals surface area contributed by atoms with Crippen LogP contribution in [0, 0.1) is 0 Å². The van der Waals surface area contributed by atoms with Gasteiger partial charge in [0.15, 0.2) is 0 Å². The van der Waals surface area contributed by atoms with Crippen molar-refractivity contribution >= 4 is 17.5 Å². The molecule has 0 saturated heterocycles. The molecule has 6 heteroatoms. The van der Waals surface area contributed by atoms with E-state index in [1.165, 1.54) is 0 Å². The Morgan fingerprint density at radius 2 is 2.00 bits per heavy atom. The van der Waals surface area contributed by atoms with Crippen molar-refractivity contribution in [1.29, 1.82) is 0 Å². The Labute approximate surface area is 171 Å². The van der Waals surface area contributed by atoms with Gasteiger partial charge >= 0.3 is 0 Å². The Morgan fingerprint density at radius 3 is 2.79 bits per heavy atom. The number of amides is 2. The fraction of sp³-hybridized carbons (Fsp3) is 0.391. The highest BCUT2D eigenvalue weighted by Crippen LogP contribution is 2.34. The van der Waals surface area contributed by atoms with Gasteiger partial charge in [-0.15, -0.1) is 0 Å². The molecular weight excluding hydrogens is 366 g/mol. The van der Waals surface area contributed by atoms with Gasteiger partial charge in [0.05, 0.1) is 0 Å². The predicted octanol–water partition coefficient (Wildman–Crippen LogP) is 3.57. The summed E-state index contributed by atoms with van der Waals surface area (Å²) in [5.74, 6) is -0.0233. The molecule has 1 atom stereocenters. The molecule has 4 rings (SSSR count). The molecule has 2 aliphatic rings. The number of nitrogens with one attached hydrogen (secondary N) is 2. The highest BCUT2D eigenvalue weighted by molar-refractivity contribution is 5.99. The van der Waals surface area contributed by atoms with Gasteiger partial charge in [0.2, 0.25) is 0 Å². The van der Waals surface area contributed by atoms with Gasteiger partial charge in [0, 0.05) is 48.2 Å². The summed E-state index contributed by atoms with van der Waals surface area (Å²) in [6, 6.07) is 15.5. The summed E-state index contributed by atoms with van der Waals surface area (Å²) < 4.78 is 5.44. The predicted molar refractivity (Wildman–Crippen MR) is 112 cm³/mol. The molecule has 0 spiro atoms. The highest BCUT2D eigenvalue weighted by atomic mass is 16.5. The summed E-state index contributed by atoms with van der Waals surface area (Å²) in [6.07, 6.45) is 2.63. The van der Waals surface area contributed by atoms with Crippen molar-refractivity contribution in [3.05, 3.63) is 65.2 Å². The van der Waals surface area contributed by atoms with Crippen LogP contribution >= 0.6 is 0 Å². The SMILES string of the molecule is CCOCCCN1C(=O)c2ccccc2C1Nc1cccc(C(=O)NC2CC2)c1. The molecule has 2 N–H and O–H groups in total. The fourth-order valence-electron chi connectivity index (χ4n) is 3.64. The number of fused-ring (bicyclic) bond motifs is 1. The van der Waals surface area contributed by atoms with Gasteiger partial charge in [-0.25, -0.2) is 0 Å². The fourth-order valence-corrected chi connectivity index (χ4v) is 3.64. The summed E-state index contributed by atoms with van der Waals surface area (Å²) in [5, 5.41) is 6.48. The topological polar surface area (TPSA) is 70.7 Å². The molecule has 2 aromatic carbocycles. The van der Waals surface area contributed by atoms with E-state index in [2.05, 4.69) is 10.6 Å². The smallest absolute Gasteiger partial charge is 0.256 e. The molecule has 1 unspecified atom stereocenters. The number of nitrogens with zero attached hydrogens (tertiary/aromatic N) is 1. The van der Waals surface area contributed by atoms with Crippen molar-refractivity contribution in [3.63, 3.8) is 0 Å². The average Bonchev–Trinajstić information content (AvgIpc) is 3.52. The van der Waals surface area contributed by atoms with Crippen LogP contribution in [0.1, 0.15) is 58.6 Å². The largest absolute Gasteiger partial charge is 0.382 e. The van der Waals surface area contributed by atoms with E-state index in [1.54, 1.807) is 0 Å². The zero-order valence-electron chi connectivity index (χ0n) is 16.7. The minimum absolute atomic E-state index is 0.0252. The van der Waals surface area contributed by atoms with Crippen LogP contribution in [0.4, 0.5) is 5.69 Å². The molecule has 2 aromatic rings. The van der Waals surface area contributed by atoms with E-state index in [0.717, 1.165) is 36.1 Å². The molecule has 0 aromatic heterocycles. The molecule has 2 amide bonds. The van der Waals surface area contributed by atoms with Gasteiger partial charge in [-0.3, -0.25) is 9.59 Å². The van der Waals surface area contributed by atoms with E-state index >= 15 is 0 Å². The van der Waals surface area contributed by atoms with Crippen molar-refractivity contribution in [2.45, 2.75) is 38.4 Å². The second kappa shape index (κ2) is 8.66. The first-order chi connectivity index (χ1) is 14.2. The first-order valence-corrected chi connectivity index (χ1v) is 10.3. The lowest BCUT2D eigenvalue weighted by molar-refractivity contribution is 0.0708. The Balaban J connectivity index is 1.52. The molecule has 1 aliphatic carbocycles. The van der Waals surface area contributed by atoms with E-state index < -0.39 is 0 Å². The van der Waals surface area contributed by atoms with E-state index in [9.17, 15) is 9.59 Å². The van der Waals surface area contributed by atoms with Gasteiger partial charge in [0.1, 0.15) is 6.17 Å². The van der Waals surface area contributed by atoms with E-state index in [4.69, 9.17) is 4.74 Å². The second-order valence-corrected chi connectivity index (χ2v) is 7.51. The van der Waals surface area contributed by atoms with E-state index in [1.807, 2.05) is 60.4 Å². The number of carbonyl (C=O) groups excluding carboxylic acids is 2. The second-order valence-electron chi connectivity index (χ2n) is 7.51. The minimum atomic E-state index is -0.262. The zero-order valence-corrected chi connectivity index (χ0v) is 16.7. The van der Waals surface area contributed by atoms with Gasteiger partial charge in [-0.1, -0.05) is 24.3 Å². The Kier molecular flexibility index (Phi) is 5.81. The van der Waals surface area contributed by atoms with Gasteiger partial charge in [-0.05, 0) is 50.5 Å². The van der Waals surface area contributed by atoms with Crippen LogP contribution in [-0.4, -0.2) is 42.5 Å². The summed E-state index contributed by atoms with van der Waals surface area (Å²) >= 11 is 0. The normalized spacial score (nSPS) is 17.9. The summed E-state index contributed by atoms with van der Waals surface area (Å²) in [7, 11) is 0. The van der Waals surface area contributed by atoms with Crippen molar-refractivity contribution < 1.29 is 14.3 Å². The Morgan fingerprint density at radius 1 is 1.17 bits per heavy atom. The molecule has 1 aliphatic heterocycles.